The molecule has 40 heavy (non-hydrogen) atoms. The van der Waals surface area contributed by atoms with Crippen LogP contribution in [0.1, 0.15) is 48.2 Å². The van der Waals surface area contributed by atoms with Crippen molar-refractivity contribution in [1.29, 1.82) is 0 Å². The zero-order valence-electron chi connectivity index (χ0n) is 22.2. The fourth-order valence-corrected chi connectivity index (χ4v) is 5.62. The molecule has 1 saturated heterocycles. The van der Waals surface area contributed by atoms with Crippen molar-refractivity contribution >= 4 is 17.6 Å². The predicted octanol–water partition coefficient (Wildman–Crippen LogP) is 8.77. The van der Waals surface area contributed by atoms with Gasteiger partial charge in [0, 0.05) is 22.4 Å². The van der Waals surface area contributed by atoms with Crippen molar-refractivity contribution in [1.82, 2.24) is 0 Å². The van der Waals surface area contributed by atoms with Crippen molar-refractivity contribution in [3.05, 3.63) is 137 Å². The van der Waals surface area contributed by atoms with E-state index in [4.69, 9.17) is 25.8 Å². The Morgan fingerprint density at radius 3 is 2.25 bits per heavy atom. The molecule has 1 aliphatic heterocycles. The Balaban J connectivity index is 1.60. The molecule has 0 aromatic heterocycles. The lowest BCUT2D eigenvalue weighted by molar-refractivity contribution is -0.139. The minimum Gasteiger partial charge on any atom is -0.482 e. The van der Waals surface area contributed by atoms with Crippen LogP contribution in [0.3, 0.4) is 0 Å². The number of halogens is 1. The molecule has 4 atom stereocenters. The molecule has 0 bridgehead atoms. The van der Waals surface area contributed by atoms with Gasteiger partial charge < -0.3 is 19.3 Å². The van der Waals surface area contributed by atoms with Crippen LogP contribution in [-0.2, 0) is 9.53 Å². The fourth-order valence-electron chi connectivity index (χ4n) is 5.35. The Morgan fingerprint density at radius 2 is 1.57 bits per heavy atom. The normalized spacial score (nSPS) is 20.4. The van der Waals surface area contributed by atoms with Gasteiger partial charge in [-0.3, -0.25) is 0 Å². The van der Waals surface area contributed by atoms with Gasteiger partial charge in [0.05, 0.1) is 12.2 Å². The quantitative estimate of drug-likeness (QED) is 0.209. The number of carboxylic acids is 1. The first kappa shape index (κ1) is 27.5. The number of aliphatic carboxylic acids is 1. The van der Waals surface area contributed by atoms with Gasteiger partial charge in [0.2, 0.25) is 0 Å². The molecule has 1 heterocycles. The summed E-state index contributed by atoms with van der Waals surface area (Å²) in [4.78, 5) is 11.4. The number of rotatable bonds is 9. The van der Waals surface area contributed by atoms with Crippen LogP contribution in [0.15, 0.2) is 115 Å². The number of para-hydroxylation sites is 1. The maximum Gasteiger partial charge on any atom is 0.341 e. The molecule has 0 spiro atoms. The van der Waals surface area contributed by atoms with E-state index in [9.17, 15) is 9.90 Å². The number of benzene rings is 4. The maximum atomic E-state index is 11.4. The molecule has 0 aliphatic carbocycles. The molecule has 1 aliphatic rings. The fraction of sp³-hybridized carbons (Fsp3) is 0.206. The van der Waals surface area contributed by atoms with E-state index in [-0.39, 0.29) is 17.9 Å². The van der Waals surface area contributed by atoms with Crippen LogP contribution >= 0.6 is 11.6 Å². The second-order valence-corrected chi connectivity index (χ2v) is 10.4. The van der Waals surface area contributed by atoms with Gasteiger partial charge in [-0.15, -0.1) is 0 Å². The highest BCUT2D eigenvalue weighted by Gasteiger charge is 2.42. The van der Waals surface area contributed by atoms with Crippen LogP contribution in [0.25, 0.3) is 0 Å². The van der Waals surface area contributed by atoms with Crippen molar-refractivity contribution < 1.29 is 24.1 Å². The van der Waals surface area contributed by atoms with Gasteiger partial charge in [-0.05, 0) is 60.9 Å². The smallest absolute Gasteiger partial charge is 0.341 e. The lowest BCUT2D eigenvalue weighted by Crippen LogP contribution is -2.32. The third-order valence-corrected chi connectivity index (χ3v) is 7.56. The van der Waals surface area contributed by atoms with Gasteiger partial charge in [0.1, 0.15) is 17.2 Å². The molecule has 5 rings (SSSR count). The summed E-state index contributed by atoms with van der Waals surface area (Å²) in [5.74, 6) is 0.535. The largest absolute Gasteiger partial charge is 0.482 e. The Hall–Kier alpha value is -4.06. The van der Waals surface area contributed by atoms with Crippen molar-refractivity contribution in [2.24, 2.45) is 5.92 Å². The summed E-state index contributed by atoms with van der Waals surface area (Å²) in [6.07, 6.45) is -0.0527. The SMILES string of the molecule is C=C(C)[C@H]1C[C@H](c2ccccc2Cl)[C@H](c2ccccc2)O[C@@H]1c1cc(Oc2ccccc2)ccc1OCC(=O)O. The molecule has 204 valence electrons. The number of carbonyl (C=O) groups is 1. The molecule has 0 saturated carbocycles. The second-order valence-electron chi connectivity index (χ2n) is 10.0. The second kappa shape index (κ2) is 12.4. The minimum atomic E-state index is -1.06. The van der Waals surface area contributed by atoms with E-state index in [1.165, 1.54) is 0 Å². The summed E-state index contributed by atoms with van der Waals surface area (Å²) in [6, 6.07) is 32.9. The van der Waals surface area contributed by atoms with E-state index in [1.54, 1.807) is 12.1 Å². The van der Waals surface area contributed by atoms with Crippen LogP contribution in [0.2, 0.25) is 5.02 Å². The maximum absolute atomic E-state index is 11.4. The lowest BCUT2D eigenvalue weighted by Gasteiger charge is -2.43. The summed E-state index contributed by atoms with van der Waals surface area (Å²) < 4.78 is 18.9. The molecule has 0 unspecified atom stereocenters. The van der Waals surface area contributed by atoms with Gasteiger partial charge in [-0.1, -0.05) is 90.5 Å². The highest BCUT2D eigenvalue weighted by atomic mass is 35.5. The zero-order valence-corrected chi connectivity index (χ0v) is 23.0. The van der Waals surface area contributed by atoms with Crippen LogP contribution < -0.4 is 9.47 Å². The van der Waals surface area contributed by atoms with Gasteiger partial charge >= 0.3 is 5.97 Å². The highest BCUT2D eigenvalue weighted by molar-refractivity contribution is 6.31. The summed E-state index contributed by atoms with van der Waals surface area (Å²) in [5.41, 5.74) is 3.71. The number of hydrogen-bond acceptors (Lipinski definition) is 4. The summed E-state index contributed by atoms with van der Waals surface area (Å²) >= 11 is 6.71. The lowest BCUT2D eigenvalue weighted by atomic mass is 9.74. The Kier molecular flexibility index (Phi) is 8.54. The van der Waals surface area contributed by atoms with Crippen molar-refractivity contribution in [2.75, 3.05) is 6.61 Å². The van der Waals surface area contributed by atoms with Crippen molar-refractivity contribution in [3.63, 3.8) is 0 Å². The van der Waals surface area contributed by atoms with E-state index in [0.717, 1.165) is 23.1 Å². The first-order chi connectivity index (χ1) is 19.4. The third kappa shape index (κ3) is 6.22. The molecule has 0 amide bonds. The van der Waals surface area contributed by atoms with Gasteiger partial charge in [0.15, 0.2) is 6.61 Å². The summed E-state index contributed by atoms with van der Waals surface area (Å²) in [6.45, 7) is 5.84. The Morgan fingerprint density at radius 1 is 0.900 bits per heavy atom. The number of carboxylic acid groups (broad SMARTS) is 1. The number of ether oxygens (including phenoxy) is 3. The highest BCUT2D eigenvalue weighted by Crippen LogP contribution is 2.54. The standard InChI is InChI=1S/C34H31ClO5/c1-22(2)27-20-28(26-15-9-10-16-30(26)35)33(23-11-5-3-6-12-23)40-34(27)29-19-25(39-24-13-7-4-8-14-24)17-18-31(29)38-21-32(36)37/h3-19,27-28,33-34H,1,20-21H2,2H3,(H,36,37)/t27-,28-,33+,34+/m1/s1. The zero-order chi connectivity index (χ0) is 28.1. The number of hydrogen-bond donors (Lipinski definition) is 1. The molecule has 1 fully saturated rings. The molecule has 1 N–H and O–H groups in total. The predicted molar refractivity (Wildman–Crippen MR) is 156 cm³/mol. The Bertz CT molecular complexity index is 1470. The van der Waals surface area contributed by atoms with Crippen molar-refractivity contribution in [2.45, 2.75) is 31.5 Å². The topological polar surface area (TPSA) is 65.0 Å². The molecule has 4 aromatic rings. The van der Waals surface area contributed by atoms with Gasteiger partial charge in [-0.2, -0.15) is 0 Å². The van der Waals surface area contributed by atoms with Gasteiger partial charge in [0.25, 0.3) is 0 Å². The van der Waals surface area contributed by atoms with E-state index in [2.05, 4.69) is 24.8 Å². The van der Waals surface area contributed by atoms with Crippen LogP contribution in [-0.4, -0.2) is 17.7 Å². The molecule has 6 heteroatoms. The van der Waals surface area contributed by atoms with Crippen LogP contribution in [0.4, 0.5) is 0 Å². The Labute approximate surface area is 239 Å². The third-order valence-electron chi connectivity index (χ3n) is 7.22. The van der Waals surface area contributed by atoms with Gasteiger partial charge in [-0.25, -0.2) is 4.79 Å². The summed E-state index contributed by atoms with van der Waals surface area (Å²) in [7, 11) is 0. The summed E-state index contributed by atoms with van der Waals surface area (Å²) in [5, 5.41) is 10.0. The molecular weight excluding hydrogens is 524 g/mol. The average Bonchev–Trinajstić information content (AvgIpc) is 2.97. The first-order valence-corrected chi connectivity index (χ1v) is 13.6. The first-order valence-electron chi connectivity index (χ1n) is 13.2. The molecule has 5 nitrogen and oxygen atoms in total. The van der Waals surface area contributed by atoms with Crippen LogP contribution in [0, 0.1) is 5.92 Å². The van der Waals surface area contributed by atoms with Crippen molar-refractivity contribution in [3.8, 4) is 17.2 Å². The molecular formula is C34H31ClO5. The minimum absolute atomic E-state index is 0.0267. The molecule has 0 radical (unpaired) electrons. The average molecular weight is 555 g/mol. The van der Waals surface area contributed by atoms with E-state index < -0.39 is 18.7 Å². The van der Waals surface area contributed by atoms with E-state index in [1.807, 2.05) is 79.7 Å². The monoisotopic (exact) mass is 554 g/mol. The van der Waals surface area contributed by atoms with Crippen LogP contribution in [0.5, 0.6) is 17.2 Å². The van der Waals surface area contributed by atoms with E-state index >= 15 is 0 Å². The van der Waals surface area contributed by atoms with E-state index in [0.29, 0.717) is 27.8 Å². The molecule has 4 aromatic carbocycles.